The standard InChI is InChI=1S/C24H26ClN3OS/c1-4-7-17(5-2)16-28-24-19(15-26-28)13-20(14-22(24)25)27-23(29)12-18-8-10-21(11-9-18)30-6-3/h4-5,7-11,13-15H,6,12,16H2,1-3H3,(H,27,29)/b7-4-,17-5+. The van der Waals surface area contributed by atoms with Crippen molar-refractivity contribution < 1.29 is 4.79 Å². The molecule has 3 rings (SSSR count). The Labute approximate surface area is 187 Å². The molecule has 6 heteroatoms. The molecule has 30 heavy (non-hydrogen) atoms. The monoisotopic (exact) mass is 439 g/mol. The number of anilines is 1. The third-order valence-electron chi connectivity index (χ3n) is 4.65. The fourth-order valence-corrected chi connectivity index (χ4v) is 4.25. The normalized spacial score (nSPS) is 12.1. The zero-order valence-electron chi connectivity index (χ0n) is 17.5. The lowest BCUT2D eigenvalue weighted by Gasteiger charge is -2.09. The summed E-state index contributed by atoms with van der Waals surface area (Å²) in [5.41, 5.74) is 3.67. The van der Waals surface area contributed by atoms with Crippen molar-refractivity contribution in [1.29, 1.82) is 0 Å². The van der Waals surface area contributed by atoms with Crippen molar-refractivity contribution in [2.75, 3.05) is 11.1 Å². The van der Waals surface area contributed by atoms with Crippen LogP contribution in [0, 0.1) is 0 Å². The Kier molecular flexibility index (Phi) is 7.77. The van der Waals surface area contributed by atoms with Crippen LogP contribution in [0.5, 0.6) is 0 Å². The van der Waals surface area contributed by atoms with Gasteiger partial charge in [-0.3, -0.25) is 9.48 Å². The molecule has 4 nitrogen and oxygen atoms in total. The summed E-state index contributed by atoms with van der Waals surface area (Å²) in [6.07, 6.45) is 8.23. The van der Waals surface area contributed by atoms with Crippen molar-refractivity contribution in [3.8, 4) is 0 Å². The van der Waals surface area contributed by atoms with Crippen LogP contribution in [-0.4, -0.2) is 21.4 Å². The van der Waals surface area contributed by atoms with E-state index >= 15 is 0 Å². The van der Waals surface area contributed by atoms with Gasteiger partial charge >= 0.3 is 0 Å². The first-order chi connectivity index (χ1) is 14.5. The van der Waals surface area contributed by atoms with Crippen LogP contribution in [0.1, 0.15) is 26.3 Å². The highest BCUT2D eigenvalue weighted by molar-refractivity contribution is 7.99. The summed E-state index contributed by atoms with van der Waals surface area (Å²) in [5.74, 6) is 0.961. The Morgan fingerprint density at radius 1 is 1.23 bits per heavy atom. The van der Waals surface area contributed by atoms with E-state index in [4.69, 9.17) is 11.6 Å². The van der Waals surface area contributed by atoms with Gasteiger partial charge in [-0.15, -0.1) is 11.8 Å². The van der Waals surface area contributed by atoms with Crippen molar-refractivity contribution in [1.82, 2.24) is 9.78 Å². The first kappa shape index (κ1) is 22.2. The van der Waals surface area contributed by atoms with Gasteiger partial charge in [0.25, 0.3) is 0 Å². The molecular formula is C24H26ClN3OS. The first-order valence-corrected chi connectivity index (χ1v) is 11.3. The summed E-state index contributed by atoms with van der Waals surface area (Å²) in [6, 6.07) is 11.8. The number of rotatable bonds is 8. The first-order valence-electron chi connectivity index (χ1n) is 9.98. The zero-order chi connectivity index (χ0) is 21.5. The van der Waals surface area contributed by atoms with Gasteiger partial charge in [-0.25, -0.2) is 0 Å². The summed E-state index contributed by atoms with van der Waals surface area (Å²) >= 11 is 8.34. The topological polar surface area (TPSA) is 46.9 Å². The largest absolute Gasteiger partial charge is 0.326 e. The Bertz CT molecular complexity index is 1080. The number of nitrogens with zero attached hydrogens (tertiary/aromatic N) is 2. The number of nitrogens with one attached hydrogen (secondary N) is 1. The van der Waals surface area contributed by atoms with Gasteiger partial charge in [0.05, 0.1) is 29.7 Å². The number of hydrogen-bond acceptors (Lipinski definition) is 3. The molecule has 1 heterocycles. The van der Waals surface area contributed by atoms with Gasteiger partial charge in [-0.05, 0) is 55.0 Å². The number of carbonyl (C=O) groups excluding carboxylic acids is 1. The third kappa shape index (κ3) is 5.55. The van der Waals surface area contributed by atoms with Crippen LogP contribution in [-0.2, 0) is 17.8 Å². The summed E-state index contributed by atoms with van der Waals surface area (Å²) in [4.78, 5) is 13.7. The van der Waals surface area contributed by atoms with E-state index in [0.717, 1.165) is 27.8 Å². The van der Waals surface area contributed by atoms with E-state index in [-0.39, 0.29) is 5.91 Å². The molecule has 0 bridgehead atoms. The molecular weight excluding hydrogens is 414 g/mol. The molecule has 0 unspecified atom stereocenters. The quantitative estimate of drug-likeness (QED) is 0.321. The highest BCUT2D eigenvalue weighted by atomic mass is 35.5. The van der Waals surface area contributed by atoms with Gasteiger partial charge in [-0.2, -0.15) is 5.10 Å². The smallest absolute Gasteiger partial charge is 0.228 e. The molecule has 2 aromatic carbocycles. The number of carbonyl (C=O) groups is 1. The van der Waals surface area contributed by atoms with E-state index in [0.29, 0.717) is 23.7 Å². The second-order valence-corrected chi connectivity index (χ2v) is 8.61. The van der Waals surface area contributed by atoms with Crippen LogP contribution in [0.2, 0.25) is 5.02 Å². The number of fused-ring (bicyclic) bond motifs is 1. The molecule has 0 saturated carbocycles. The van der Waals surface area contributed by atoms with Crippen molar-refractivity contribution in [3.63, 3.8) is 0 Å². The molecule has 1 amide bonds. The van der Waals surface area contributed by atoms with Crippen molar-refractivity contribution in [3.05, 3.63) is 77.0 Å². The number of benzene rings is 2. The van der Waals surface area contributed by atoms with E-state index in [9.17, 15) is 4.79 Å². The number of amides is 1. The highest BCUT2D eigenvalue weighted by Crippen LogP contribution is 2.28. The lowest BCUT2D eigenvalue weighted by Crippen LogP contribution is -2.14. The molecule has 0 spiro atoms. The predicted octanol–water partition coefficient (Wildman–Crippen LogP) is 6.51. The van der Waals surface area contributed by atoms with Gasteiger partial charge < -0.3 is 5.32 Å². The minimum absolute atomic E-state index is 0.0713. The molecule has 0 radical (unpaired) electrons. The lowest BCUT2D eigenvalue weighted by atomic mass is 10.1. The lowest BCUT2D eigenvalue weighted by molar-refractivity contribution is -0.115. The minimum atomic E-state index is -0.0713. The van der Waals surface area contributed by atoms with E-state index in [1.165, 1.54) is 4.90 Å². The highest BCUT2D eigenvalue weighted by Gasteiger charge is 2.12. The van der Waals surface area contributed by atoms with Crippen LogP contribution in [0.25, 0.3) is 10.9 Å². The maximum Gasteiger partial charge on any atom is 0.228 e. The van der Waals surface area contributed by atoms with Gasteiger partial charge in [0.1, 0.15) is 0 Å². The van der Waals surface area contributed by atoms with Crippen LogP contribution >= 0.6 is 23.4 Å². The molecule has 1 aromatic heterocycles. The summed E-state index contributed by atoms with van der Waals surface area (Å²) < 4.78 is 1.88. The number of allylic oxidation sites excluding steroid dienone is 4. The summed E-state index contributed by atoms with van der Waals surface area (Å²) in [7, 11) is 0. The molecule has 0 fully saturated rings. The minimum Gasteiger partial charge on any atom is -0.326 e. The Morgan fingerprint density at radius 2 is 2.00 bits per heavy atom. The molecule has 3 aromatic rings. The van der Waals surface area contributed by atoms with E-state index in [1.807, 2.05) is 42.8 Å². The average Bonchev–Trinajstić information content (AvgIpc) is 3.12. The van der Waals surface area contributed by atoms with Crippen molar-refractivity contribution in [2.45, 2.75) is 38.6 Å². The number of halogens is 1. The SMILES string of the molecule is C/C=C\C(=C/C)Cn1ncc2cc(NC(=O)Cc3ccc(SCC)cc3)cc(Cl)c21. The second kappa shape index (κ2) is 10.5. The van der Waals surface area contributed by atoms with E-state index in [2.05, 4.69) is 41.6 Å². The van der Waals surface area contributed by atoms with Gasteiger partial charge in [0.2, 0.25) is 5.91 Å². The molecule has 0 aliphatic heterocycles. The second-order valence-electron chi connectivity index (χ2n) is 6.86. The van der Waals surface area contributed by atoms with Crippen LogP contribution in [0.4, 0.5) is 5.69 Å². The maximum atomic E-state index is 12.5. The van der Waals surface area contributed by atoms with E-state index in [1.54, 1.807) is 24.0 Å². The Morgan fingerprint density at radius 3 is 2.67 bits per heavy atom. The molecule has 0 saturated heterocycles. The van der Waals surface area contributed by atoms with Gasteiger partial charge in [-0.1, -0.05) is 48.9 Å². The van der Waals surface area contributed by atoms with Gasteiger partial charge in [0.15, 0.2) is 0 Å². The molecule has 0 aliphatic rings. The summed E-state index contributed by atoms with van der Waals surface area (Å²) in [5, 5.41) is 8.90. The maximum absolute atomic E-state index is 12.5. The zero-order valence-corrected chi connectivity index (χ0v) is 19.1. The van der Waals surface area contributed by atoms with Gasteiger partial charge in [0, 0.05) is 16.0 Å². The Balaban J connectivity index is 1.73. The van der Waals surface area contributed by atoms with Crippen molar-refractivity contribution >= 4 is 45.9 Å². The van der Waals surface area contributed by atoms with E-state index < -0.39 is 0 Å². The van der Waals surface area contributed by atoms with Crippen LogP contribution in [0.15, 0.2) is 71.3 Å². The third-order valence-corrected chi connectivity index (χ3v) is 5.84. The molecule has 156 valence electrons. The van der Waals surface area contributed by atoms with Crippen molar-refractivity contribution in [2.24, 2.45) is 0 Å². The molecule has 1 N–H and O–H groups in total. The predicted molar refractivity (Wildman–Crippen MR) is 128 cm³/mol. The molecule has 0 aliphatic carbocycles. The average molecular weight is 440 g/mol. The van der Waals surface area contributed by atoms with Crippen LogP contribution < -0.4 is 5.32 Å². The fraction of sp³-hybridized carbons (Fsp3) is 0.250. The number of hydrogen-bond donors (Lipinski definition) is 1. The number of thioether (sulfide) groups is 1. The number of aromatic nitrogens is 2. The fourth-order valence-electron chi connectivity index (χ4n) is 3.26. The molecule has 0 atom stereocenters. The Hall–Kier alpha value is -2.50. The van der Waals surface area contributed by atoms with Crippen LogP contribution in [0.3, 0.4) is 0 Å². The summed E-state index contributed by atoms with van der Waals surface area (Å²) in [6.45, 7) is 6.76.